The number of benzene rings is 1. The standard InChI is InChI=1S/C23H25ClFN3O5/c1-4-23-10-27(12(2)3)22(32)18-20(30)19(29)17(16(28(18)23)9-33-11-23)21(31)26-8-13-5-6-15(25)14(24)7-13/h5-7,12,30H,4,8-11H2,1-3H3,(H,26,31). The van der Waals surface area contributed by atoms with E-state index in [1.54, 1.807) is 9.47 Å². The van der Waals surface area contributed by atoms with E-state index in [2.05, 4.69) is 5.32 Å². The van der Waals surface area contributed by atoms with Crippen LogP contribution >= 0.6 is 11.6 Å². The Morgan fingerprint density at radius 1 is 1.36 bits per heavy atom. The molecule has 0 radical (unpaired) electrons. The highest BCUT2D eigenvalue weighted by molar-refractivity contribution is 6.30. The molecule has 0 fully saturated rings. The maximum Gasteiger partial charge on any atom is 0.274 e. The Morgan fingerprint density at radius 3 is 2.73 bits per heavy atom. The molecule has 2 aromatic rings. The maximum atomic E-state index is 13.4. The lowest BCUT2D eigenvalue weighted by atomic mass is 9.88. The fourth-order valence-electron chi connectivity index (χ4n) is 4.55. The summed E-state index contributed by atoms with van der Waals surface area (Å²) in [6.07, 6.45) is 0.556. The lowest BCUT2D eigenvalue weighted by Crippen LogP contribution is -2.61. The molecule has 3 heterocycles. The number of hydrogen-bond acceptors (Lipinski definition) is 5. The highest BCUT2D eigenvalue weighted by Crippen LogP contribution is 2.39. The lowest BCUT2D eigenvalue weighted by molar-refractivity contribution is -0.0322. The van der Waals surface area contributed by atoms with E-state index >= 15 is 0 Å². The van der Waals surface area contributed by atoms with Crippen molar-refractivity contribution in [3.63, 3.8) is 0 Å². The zero-order chi connectivity index (χ0) is 24.1. The molecular weight excluding hydrogens is 453 g/mol. The summed E-state index contributed by atoms with van der Waals surface area (Å²) in [5.74, 6) is -2.51. The largest absolute Gasteiger partial charge is 0.503 e. The molecular formula is C23H25ClFN3O5. The lowest BCUT2D eigenvalue weighted by Gasteiger charge is -2.49. The Bertz CT molecular complexity index is 1210. The Morgan fingerprint density at radius 2 is 2.09 bits per heavy atom. The molecule has 2 aliphatic rings. The van der Waals surface area contributed by atoms with Gasteiger partial charge < -0.3 is 24.6 Å². The normalized spacial score (nSPS) is 19.6. The summed E-state index contributed by atoms with van der Waals surface area (Å²) >= 11 is 5.80. The number of ether oxygens (including phenoxy) is 1. The topological polar surface area (TPSA) is 101 Å². The summed E-state index contributed by atoms with van der Waals surface area (Å²) in [6.45, 7) is 6.20. The third-order valence-corrected chi connectivity index (χ3v) is 6.70. The minimum Gasteiger partial charge on any atom is -0.503 e. The Labute approximate surface area is 194 Å². The van der Waals surface area contributed by atoms with Crippen LogP contribution in [0, 0.1) is 5.82 Å². The summed E-state index contributed by atoms with van der Waals surface area (Å²) in [4.78, 5) is 41.0. The zero-order valence-corrected chi connectivity index (χ0v) is 19.3. The highest BCUT2D eigenvalue weighted by Gasteiger charge is 2.48. The summed E-state index contributed by atoms with van der Waals surface area (Å²) in [6, 6.07) is 3.87. The number of pyridine rings is 1. The van der Waals surface area contributed by atoms with Crippen molar-refractivity contribution in [3.8, 4) is 5.75 Å². The van der Waals surface area contributed by atoms with Gasteiger partial charge in [0.05, 0.1) is 29.5 Å². The van der Waals surface area contributed by atoms with Gasteiger partial charge in [-0.1, -0.05) is 24.6 Å². The van der Waals surface area contributed by atoms with E-state index in [4.69, 9.17) is 16.3 Å². The Hall–Kier alpha value is -2.91. The van der Waals surface area contributed by atoms with E-state index in [-0.39, 0.29) is 47.8 Å². The van der Waals surface area contributed by atoms with Crippen molar-refractivity contribution in [3.05, 3.63) is 61.8 Å². The van der Waals surface area contributed by atoms with Gasteiger partial charge in [0.15, 0.2) is 11.4 Å². The molecule has 0 aliphatic carbocycles. The molecule has 2 N–H and O–H groups in total. The van der Waals surface area contributed by atoms with Crippen molar-refractivity contribution >= 4 is 23.4 Å². The van der Waals surface area contributed by atoms with Gasteiger partial charge in [0, 0.05) is 19.1 Å². The van der Waals surface area contributed by atoms with Gasteiger partial charge >= 0.3 is 0 Å². The summed E-state index contributed by atoms with van der Waals surface area (Å²) in [5, 5.41) is 13.3. The second-order valence-corrected chi connectivity index (χ2v) is 9.12. The summed E-state index contributed by atoms with van der Waals surface area (Å²) in [5.41, 5.74) is -1.24. The van der Waals surface area contributed by atoms with Gasteiger partial charge in [-0.2, -0.15) is 0 Å². The van der Waals surface area contributed by atoms with Crippen LogP contribution in [0.5, 0.6) is 5.75 Å². The van der Waals surface area contributed by atoms with Crippen LogP contribution in [-0.2, 0) is 23.4 Å². The number of aromatic hydroxyl groups is 1. The van der Waals surface area contributed by atoms with Crippen molar-refractivity contribution in [2.24, 2.45) is 0 Å². The van der Waals surface area contributed by atoms with E-state index in [1.807, 2.05) is 20.8 Å². The third kappa shape index (κ3) is 3.69. The highest BCUT2D eigenvalue weighted by atomic mass is 35.5. The van der Waals surface area contributed by atoms with Gasteiger partial charge in [-0.15, -0.1) is 0 Å². The minimum absolute atomic E-state index is 0.0138. The molecule has 2 aliphatic heterocycles. The first-order valence-electron chi connectivity index (χ1n) is 10.7. The smallest absolute Gasteiger partial charge is 0.274 e. The maximum absolute atomic E-state index is 13.4. The number of amides is 2. The number of aromatic nitrogens is 1. The van der Waals surface area contributed by atoms with Crippen LogP contribution in [-0.4, -0.2) is 45.6 Å². The molecule has 10 heteroatoms. The van der Waals surface area contributed by atoms with Gasteiger partial charge in [-0.3, -0.25) is 14.4 Å². The van der Waals surface area contributed by atoms with Crippen LogP contribution < -0.4 is 10.7 Å². The van der Waals surface area contributed by atoms with E-state index in [1.165, 1.54) is 18.2 Å². The Balaban J connectivity index is 1.80. The van der Waals surface area contributed by atoms with Gasteiger partial charge in [-0.05, 0) is 38.0 Å². The Kier molecular flexibility index (Phi) is 5.96. The molecule has 1 aromatic carbocycles. The van der Waals surface area contributed by atoms with Crippen molar-refractivity contribution in [1.82, 2.24) is 14.8 Å². The molecule has 1 unspecified atom stereocenters. The first-order chi connectivity index (χ1) is 15.6. The fourth-order valence-corrected chi connectivity index (χ4v) is 4.76. The third-order valence-electron chi connectivity index (χ3n) is 6.41. The van der Waals surface area contributed by atoms with E-state index in [9.17, 15) is 23.9 Å². The summed E-state index contributed by atoms with van der Waals surface area (Å²) < 4.78 is 20.8. The number of nitrogens with one attached hydrogen (secondary N) is 1. The zero-order valence-electron chi connectivity index (χ0n) is 18.6. The number of rotatable bonds is 5. The number of halogens is 2. The monoisotopic (exact) mass is 477 g/mol. The van der Waals surface area contributed by atoms with Crippen molar-refractivity contribution < 1.29 is 23.8 Å². The quantitative estimate of drug-likeness (QED) is 0.689. The minimum atomic E-state index is -0.930. The van der Waals surface area contributed by atoms with Crippen LogP contribution in [0.25, 0.3) is 0 Å². The number of hydrogen-bond donors (Lipinski definition) is 2. The van der Waals surface area contributed by atoms with Gasteiger partial charge in [0.25, 0.3) is 11.8 Å². The molecule has 4 rings (SSSR count). The average molecular weight is 478 g/mol. The predicted octanol–water partition coefficient (Wildman–Crippen LogP) is 2.78. The first kappa shape index (κ1) is 23.3. The average Bonchev–Trinajstić information content (AvgIpc) is 2.78. The van der Waals surface area contributed by atoms with Crippen LogP contribution in [0.15, 0.2) is 23.0 Å². The molecule has 0 saturated carbocycles. The fraction of sp³-hybridized carbons (Fsp3) is 0.435. The van der Waals surface area contributed by atoms with Gasteiger partial charge in [0.1, 0.15) is 11.4 Å². The molecule has 1 atom stereocenters. The van der Waals surface area contributed by atoms with Gasteiger partial charge in [-0.25, -0.2) is 4.39 Å². The molecule has 1 aromatic heterocycles. The van der Waals surface area contributed by atoms with E-state index < -0.39 is 34.3 Å². The van der Waals surface area contributed by atoms with Crippen LogP contribution in [0.1, 0.15) is 59.3 Å². The summed E-state index contributed by atoms with van der Waals surface area (Å²) in [7, 11) is 0. The first-order valence-corrected chi connectivity index (χ1v) is 11.1. The van der Waals surface area contributed by atoms with Crippen LogP contribution in [0.4, 0.5) is 4.39 Å². The number of nitrogens with zero attached hydrogens (tertiary/aromatic N) is 2. The second kappa shape index (κ2) is 8.46. The number of carbonyl (C=O) groups excluding carboxylic acids is 2. The van der Waals surface area contributed by atoms with Gasteiger partial charge in [0.2, 0.25) is 5.43 Å². The molecule has 0 spiro atoms. The predicted molar refractivity (Wildman–Crippen MR) is 119 cm³/mol. The molecule has 33 heavy (non-hydrogen) atoms. The van der Waals surface area contributed by atoms with Crippen molar-refractivity contribution in [2.75, 3.05) is 13.2 Å². The molecule has 0 saturated heterocycles. The van der Waals surface area contributed by atoms with Crippen LogP contribution in [0.2, 0.25) is 5.02 Å². The molecule has 2 amide bonds. The van der Waals surface area contributed by atoms with Crippen molar-refractivity contribution in [2.45, 2.75) is 51.9 Å². The molecule has 176 valence electrons. The second-order valence-electron chi connectivity index (χ2n) is 8.71. The van der Waals surface area contributed by atoms with E-state index in [0.717, 1.165) is 0 Å². The van der Waals surface area contributed by atoms with E-state index in [0.29, 0.717) is 18.5 Å². The number of carbonyl (C=O) groups is 2. The van der Waals surface area contributed by atoms with Crippen molar-refractivity contribution in [1.29, 1.82) is 0 Å². The SMILES string of the molecule is CCC12COCc3c(C(=O)NCc4ccc(F)c(Cl)c4)c(=O)c(O)c(n31)C(=O)N(C(C)C)C2. The molecule has 0 bridgehead atoms. The molecule has 8 nitrogen and oxygen atoms in total. The van der Waals surface area contributed by atoms with Crippen LogP contribution in [0.3, 0.4) is 0 Å².